The van der Waals surface area contributed by atoms with E-state index in [1.54, 1.807) is 0 Å². The van der Waals surface area contributed by atoms with Crippen LogP contribution in [-0.2, 0) is 6.42 Å². The maximum absolute atomic E-state index is 5.96. The number of benzene rings is 1. The molecule has 0 aliphatic carbocycles. The summed E-state index contributed by atoms with van der Waals surface area (Å²) in [5.74, 6) is 1.24. The van der Waals surface area contributed by atoms with Gasteiger partial charge in [0.25, 0.3) is 0 Å². The van der Waals surface area contributed by atoms with E-state index in [9.17, 15) is 0 Å². The number of nitrogens with zero attached hydrogens (tertiary/aromatic N) is 2. The lowest BCUT2D eigenvalue weighted by molar-refractivity contribution is 0.289. The van der Waals surface area contributed by atoms with E-state index < -0.39 is 0 Å². The van der Waals surface area contributed by atoms with Gasteiger partial charge in [0.2, 0.25) is 11.7 Å². The highest BCUT2D eigenvalue weighted by Gasteiger charge is 2.18. The molecule has 0 amide bonds. The quantitative estimate of drug-likeness (QED) is 0.882. The van der Waals surface area contributed by atoms with Crippen LogP contribution >= 0.6 is 11.6 Å². The third-order valence-corrected chi connectivity index (χ3v) is 3.62. The molecule has 0 aliphatic heterocycles. The number of rotatable bonds is 6. The van der Waals surface area contributed by atoms with Gasteiger partial charge < -0.3 is 10.3 Å². The number of hydrogen-bond donors (Lipinski definition) is 1. The Morgan fingerprint density at radius 3 is 2.80 bits per heavy atom. The summed E-state index contributed by atoms with van der Waals surface area (Å²) in [4.78, 5) is 4.42. The van der Waals surface area contributed by atoms with Gasteiger partial charge in [0.15, 0.2) is 0 Å². The van der Waals surface area contributed by atoms with Crippen molar-refractivity contribution >= 4 is 11.6 Å². The molecule has 0 atom stereocenters. The Balaban J connectivity index is 2.03. The third-order valence-electron chi connectivity index (χ3n) is 3.39. The summed E-state index contributed by atoms with van der Waals surface area (Å²) in [6.07, 6.45) is 2.73. The lowest BCUT2D eigenvalue weighted by Gasteiger charge is -2.22. The Kier molecular flexibility index (Phi) is 4.78. The van der Waals surface area contributed by atoms with Gasteiger partial charge in [-0.25, -0.2) is 0 Å². The molecule has 2 aromatic rings. The van der Waals surface area contributed by atoms with E-state index in [1.165, 1.54) is 0 Å². The minimum Gasteiger partial charge on any atom is -0.339 e. The molecule has 0 bridgehead atoms. The minimum atomic E-state index is 0.194. The van der Waals surface area contributed by atoms with Crippen molar-refractivity contribution in [3.05, 3.63) is 35.2 Å². The fraction of sp³-hybridized carbons (Fsp3) is 0.467. The van der Waals surface area contributed by atoms with Crippen LogP contribution in [0.25, 0.3) is 11.4 Å². The second-order valence-corrected chi connectivity index (χ2v) is 6.16. The standard InChI is InChI=1S/C15H20ClN3O/c1-15(2,8-9-17)7-6-13-18-14(19-20-13)11-4-3-5-12(16)10-11/h3-5,10H,6-9,17H2,1-2H3. The second kappa shape index (κ2) is 6.37. The predicted molar refractivity (Wildman–Crippen MR) is 80.5 cm³/mol. The van der Waals surface area contributed by atoms with Crippen LogP contribution in [0.3, 0.4) is 0 Å². The Hall–Kier alpha value is -1.39. The van der Waals surface area contributed by atoms with Gasteiger partial charge in [-0.15, -0.1) is 0 Å². The first-order valence-corrected chi connectivity index (χ1v) is 7.16. The van der Waals surface area contributed by atoms with Crippen LogP contribution < -0.4 is 5.73 Å². The lowest BCUT2D eigenvalue weighted by Crippen LogP contribution is -2.17. The molecule has 0 radical (unpaired) electrons. The first-order valence-electron chi connectivity index (χ1n) is 6.79. The van der Waals surface area contributed by atoms with Crippen molar-refractivity contribution in [3.63, 3.8) is 0 Å². The summed E-state index contributed by atoms with van der Waals surface area (Å²) in [6.45, 7) is 5.10. The molecule has 0 unspecified atom stereocenters. The molecule has 0 fully saturated rings. The zero-order valence-corrected chi connectivity index (χ0v) is 12.7. The Morgan fingerprint density at radius 2 is 2.10 bits per heavy atom. The largest absolute Gasteiger partial charge is 0.339 e. The zero-order valence-electron chi connectivity index (χ0n) is 11.9. The third kappa shape index (κ3) is 4.05. The molecule has 1 heterocycles. The number of nitrogens with two attached hydrogens (primary N) is 1. The average Bonchev–Trinajstić information content (AvgIpc) is 2.85. The SMILES string of the molecule is CC(C)(CCN)CCc1nc(-c2cccc(Cl)c2)no1. The highest BCUT2D eigenvalue weighted by molar-refractivity contribution is 6.30. The van der Waals surface area contributed by atoms with Crippen molar-refractivity contribution in [3.8, 4) is 11.4 Å². The van der Waals surface area contributed by atoms with Gasteiger partial charge >= 0.3 is 0 Å². The lowest BCUT2D eigenvalue weighted by atomic mass is 9.84. The molecule has 2 N–H and O–H groups in total. The van der Waals surface area contributed by atoms with Gasteiger partial charge in [0.05, 0.1) is 0 Å². The summed E-state index contributed by atoms with van der Waals surface area (Å²) < 4.78 is 5.30. The molecule has 1 aromatic heterocycles. The van der Waals surface area contributed by atoms with Crippen LogP contribution in [-0.4, -0.2) is 16.7 Å². The highest BCUT2D eigenvalue weighted by atomic mass is 35.5. The molecular weight excluding hydrogens is 274 g/mol. The van der Waals surface area contributed by atoms with E-state index >= 15 is 0 Å². The molecule has 0 saturated carbocycles. The first-order chi connectivity index (χ1) is 9.50. The zero-order chi connectivity index (χ0) is 14.6. The van der Waals surface area contributed by atoms with Crippen molar-refractivity contribution < 1.29 is 4.52 Å². The van der Waals surface area contributed by atoms with Crippen molar-refractivity contribution in [2.45, 2.75) is 33.1 Å². The van der Waals surface area contributed by atoms with Crippen LogP contribution in [0, 0.1) is 5.41 Å². The Bertz CT molecular complexity index is 566. The summed E-state index contributed by atoms with van der Waals surface area (Å²) in [5, 5.41) is 4.67. The smallest absolute Gasteiger partial charge is 0.226 e. The summed E-state index contributed by atoms with van der Waals surface area (Å²) in [6, 6.07) is 7.44. The van der Waals surface area contributed by atoms with Crippen LogP contribution in [0.1, 0.15) is 32.6 Å². The molecule has 0 saturated heterocycles. The first kappa shape index (κ1) is 15.0. The predicted octanol–water partition coefficient (Wildman–Crippen LogP) is 3.70. The molecule has 2 rings (SSSR count). The number of hydrogen-bond acceptors (Lipinski definition) is 4. The number of halogens is 1. The molecule has 20 heavy (non-hydrogen) atoms. The normalized spacial score (nSPS) is 11.8. The summed E-state index contributed by atoms with van der Waals surface area (Å²) in [5.41, 5.74) is 6.68. The Morgan fingerprint density at radius 1 is 1.30 bits per heavy atom. The molecule has 0 aliphatic rings. The van der Waals surface area contributed by atoms with Gasteiger partial charge in [0.1, 0.15) is 0 Å². The van der Waals surface area contributed by atoms with Gasteiger partial charge in [-0.1, -0.05) is 42.7 Å². The van der Waals surface area contributed by atoms with E-state index in [0.29, 0.717) is 23.3 Å². The second-order valence-electron chi connectivity index (χ2n) is 5.72. The molecule has 4 nitrogen and oxygen atoms in total. The molecular formula is C15H20ClN3O. The van der Waals surface area contributed by atoms with E-state index in [-0.39, 0.29) is 5.41 Å². The van der Waals surface area contributed by atoms with Gasteiger partial charge in [0, 0.05) is 17.0 Å². The van der Waals surface area contributed by atoms with E-state index in [2.05, 4.69) is 24.0 Å². The fourth-order valence-corrected chi connectivity index (χ4v) is 2.25. The number of aryl methyl sites for hydroxylation is 1. The van der Waals surface area contributed by atoms with Crippen molar-refractivity contribution in [1.82, 2.24) is 10.1 Å². The monoisotopic (exact) mass is 293 g/mol. The van der Waals surface area contributed by atoms with Crippen LogP contribution in [0.4, 0.5) is 0 Å². The van der Waals surface area contributed by atoms with Gasteiger partial charge in [-0.3, -0.25) is 0 Å². The topological polar surface area (TPSA) is 64.9 Å². The van der Waals surface area contributed by atoms with Crippen LogP contribution in [0.15, 0.2) is 28.8 Å². The average molecular weight is 294 g/mol. The van der Waals surface area contributed by atoms with Crippen molar-refractivity contribution in [2.75, 3.05) is 6.54 Å². The molecule has 1 aromatic carbocycles. The highest BCUT2D eigenvalue weighted by Crippen LogP contribution is 2.26. The molecule has 0 spiro atoms. The molecule has 5 heteroatoms. The van der Waals surface area contributed by atoms with Crippen molar-refractivity contribution in [1.29, 1.82) is 0 Å². The maximum Gasteiger partial charge on any atom is 0.226 e. The van der Waals surface area contributed by atoms with Crippen LogP contribution in [0.5, 0.6) is 0 Å². The summed E-state index contributed by atoms with van der Waals surface area (Å²) in [7, 11) is 0. The summed E-state index contributed by atoms with van der Waals surface area (Å²) >= 11 is 5.96. The van der Waals surface area contributed by atoms with E-state index in [4.69, 9.17) is 21.9 Å². The van der Waals surface area contributed by atoms with Crippen LogP contribution in [0.2, 0.25) is 5.02 Å². The maximum atomic E-state index is 5.96. The molecule has 108 valence electrons. The van der Waals surface area contributed by atoms with Gasteiger partial charge in [-0.2, -0.15) is 4.98 Å². The van der Waals surface area contributed by atoms with Gasteiger partial charge in [-0.05, 0) is 36.9 Å². The minimum absolute atomic E-state index is 0.194. The van der Waals surface area contributed by atoms with Crippen molar-refractivity contribution in [2.24, 2.45) is 11.1 Å². The Labute approximate surface area is 124 Å². The fourth-order valence-electron chi connectivity index (χ4n) is 2.06. The van der Waals surface area contributed by atoms with E-state index in [0.717, 1.165) is 24.8 Å². The number of aromatic nitrogens is 2. The van der Waals surface area contributed by atoms with E-state index in [1.807, 2.05) is 24.3 Å².